The Morgan fingerprint density at radius 2 is 1.74 bits per heavy atom. The maximum Gasteiger partial charge on any atom is 0.206 e. The first kappa shape index (κ1) is 18.5. The molecule has 0 spiro atoms. The summed E-state index contributed by atoms with van der Waals surface area (Å²) < 4.78 is 7.71. The Bertz CT molecular complexity index is 850. The molecule has 0 aliphatic heterocycles. The van der Waals surface area contributed by atoms with Crippen LogP contribution in [0.3, 0.4) is 0 Å². The summed E-state index contributed by atoms with van der Waals surface area (Å²) in [5, 5.41) is 7.28. The molecule has 144 valence electrons. The molecule has 2 aliphatic carbocycles. The molecular formula is C22H29N3OS. The molecule has 0 radical (unpaired) electrons. The van der Waals surface area contributed by atoms with Crippen molar-refractivity contribution in [2.45, 2.75) is 70.3 Å². The molecule has 0 N–H and O–H groups in total. The molecule has 2 fully saturated rings. The molecule has 1 aromatic heterocycles. The molecule has 0 saturated heterocycles. The van der Waals surface area contributed by atoms with E-state index in [1.807, 2.05) is 12.1 Å². The van der Waals surface area contributed by atoms with Crippen LogP contribution in [-0.4, -0.2) is 23.5 Å². The quantitative estimate of drug-likeness (QED) is 0.674. The van der Waals surface area contributed by atoms with Crippen LogP contribution < -0.4 is 9.54 Å². The lowest BCUT2D eigenvalue weighted by atomic mass is 9.96. The number of methoxy groups -OCH3 is 1. The van der Waals surface area contributed by atoms with E-state index in [1.54, 1.807) is 18.4 Å². The van der Waals surface area contributed by atoms with Gasteiger partial charge in [0, 0.05) is 16.7 Å². The van der Waals surface area contributed by atoms with E-state index in [9.17, 15) is 0 Å². The van der Waals surface area contributed by atoms with Crippen molar-refractivity contribution in [1.82, 2.24) is 4.68 Å². The molecule has 2 aromatic rings. The van der Waals surface area contributed by atoms with E-state index in [2.05, 4.69) is 22.2 Å². The fraction of sp³-hybridized carbons (Fsp3) is 0.545. The van der Waals surface area contributed by atoms with Crippen LogP contribution in [0.15, 0.2) is 39.7 Å². The zero-order valence-corrected chi connectivity index (χ0v) is 17.0. The molecule has 2 saturated carbocycles. The van der Waals surface area contributed by atoms with Gasteiger partial charge < -0.3 is 4.74 Å². The normalized spacial score (nSPS) is 19.3. The summed E-state index contributed by atoms with van der Waals surface area (Å²) >= 11 is 1.71. The Morgan fingerprint density at radius 3 is 2.52 bits per heavy atom. The molecule has 0 atom stereocenters. The molecule has 0 amide bonds. The van der Waals surface area contributed by atoms with Crippen molar-refractivity contribution >= 4 is 17.0 Å². The SMILES string of the molecule is COc1ccccc1-c1csc(=NC2CCCCC2)n1N=C1CCCCC1. The van der Waals surface area contributed by atoms with Crippen molar-refractivity contribution in [3.63, 3.8) is 0 Å². The fourth-order valence-corrected chi connectivity index (χ4v) is 4.99. The van der Waals surface area contributed by atoms with Crippen LogP contribution in [0.2, 0.25) is 0 Å². The predicted molar refractivity (Wildman–Crippen MR) is 113 cm³/mol. The number of para-hydroxylation sites is 1. The van der Waals surface area contributed by atoms with Crippen molar-refractivity contribution < 1.29 is 4.74 Å². The van der Waals surface area contributed by atoms with E-state index in [-0.39, 0.29) is 0 Å². The number of ether oxygens (including phenoxy) is 1. The molecule has 4 nitrogen and oxygen atoms in total. The number of hydrogen-bond acceptors (Lipinski definition) is 4. The van der Waals surface area contributed by atoms with Crippen LogP contribution in [0, 0.1) is 0 Å². The Balaban J connectivity index is 1.80. The molecule has 2 aliphatic rings. The molecule has 0 bridgehead atoms. The van der Waals surface area contributed by atoms with Gasteiger partial charge in [-0.05, 0) is 50.7 Å². The standard InChI is InChI=1S/C22H29N3OS/c1-26-21-15-9-8-14-19(21)20-16-27-22(23-17-10-4-2-5-11-17)25(20)24-18-12-6-3-7-13-18/h8-9,14-17H,2-7,10-13H2,1H3. The van der Waals surface area contributed by atoms with E-state index < -0.39 is 0 Å². The maximum absolute atomic E-state index is 5.62. The number of thiazole rings is 1. The zero-order valence-electron chi connectivity index (χ0n) is 16.2. The second-order valence-electron chi connectivity index (χ2n) is 7.56. The highest BCUT2D eigenvalue weighted by Gasteiger charge is 2.17. The Kier molecular flexibility index (Phi) is 6.07. The maximum atomic E-state index is 5.62. The van der Waals surface area contributed by atoms with E-state index in [4.69, 9.17) is 14.8 Å². The van der Waals surface area contributed by atoms with Gasteiger partial charge in [-0.15, -0.1) is 11.3 Å². The van der Waals surface area contributed by atoms with Gasteiger partial charge in [0.05, 0.1) is 18.8 Å². The molecule has 4 rings (SSSR count). The molecule has 1 aromatic carbocycles. The van der Waals surface area contributed by atoms with Gasteiger partial charge in [-0.25, -0.2) is 4.68 Å². The number of nitrogens with zero attached hydrogens (tertiary/aromatic N) is 3. The van der Waals surface area contributed by atoms with Crippen LogP contribution in [0.4, 0.5) is 0 Å². The topological polar surface area (TPSA) is 38.9 Å². The van der Waals surface area contributed by atoms with E-state index >= 15 is 0 Å². The van der Waals surface area contributed by atoms with Crippen LogP contribution in [0.5, 0.6) is 5.75 Å². The monoisotopic (exact) mass is 383 g/mol. The average Bonchev–Trinajstić information content (AvgIpc) is 3.11. The molecule has 27 heavy (non-hydrogen) atoms. The van der Waals surface area contributed by atoms with Crippen molar-refractivity contribution in [2.24, 2.45) is 10.1 Å². The Morgan fingerprint density at radius 1 is 1.00 bits per heavy atom. The highest BCUT2D eigenvalue weighted by molar-refractivity contribution is 7.07. The third-order valence-electron chi connectivity index (χ3n) is 5.61. The summed E-state index contributed by atoms with van der Waals surface area (Å²) in [6.07, 6.45) is 12.4. The summed E-state index contributed by atoms with van der Waals surface area (Å²) in [4.78, 5) is 6.15. The van der Waals surface area contributed by atoms with Crippen LogP contribution in [0.25, 0.3) is 11.3 Å². The lowest BCUT2D eigenvalue weighted by molar-refractivity contribution is 0.416. The van der Waals surface area contributed by atoms with Gasteiger partial charge in [-0.2, -0.15) is 5.10 Å². The summed E-state index contributed by atoms with van der Waals surface area (Å²) in [6.45, 7) is 0. The fourth-order valence-electron chi connectivity index (χ4n) is 4.09. The largest absolute Gasteiger partial charge is 0.496 e. The van der Waals surface area contributed by atoms with Gasteiger partial charge in [0.15, 0.2) is 0 Å². The van der Waals surface area contributed by atoms with E-state index in [1.165, 1.54) is 57.1 Å². The smallest absolute Gasteiger partial charge is 0.206 e. The summed E-state index contributed by atoms with van der Waals surface area (Å²) in [5.41, 5.74) is 3.48. The Hall–Kier alpha value is -1.88. The number of benzene rings is 1. The highest BCUT2D eigenvalue weighted by atomic mass is 32.1. The first-order valence-corrected chi connectivity index (χ1v) is 11.2. The second kappa shape index (κ2) is 8.87. The van der Waals surface area contributed by atoms with Gasteiger partial charge in [0.25, 0.3) is 0 Å². The van der Waals surface area contributed by atoms with Crippen molar-refractivity contribution in [2.75, 3.05) is 7.11 Å². The minimum atomic E-state index is 0.445. The summed E-state index contributed by atoms with van der Waals surface area (Å²) in [6, 6.07) is 8.65. The minimum Gasteiger partial charge on any atom is -0.496 e. The Labute approximate surface area is 165 Å². The number of rotatable bonds is 4. The van der Waals surface area contributed by atoms with Crippen molar-refractivity contribution in [1.29, 1.82) is 0 Å². The lowest BCUT2D eigenvalue weighted by Gasteiger charge is -2.17. The second-order valence-corrected chi connectivity index (χ2v) is 8.40. The van der Waals surface area contributed by atoms with Crippen LogP contribution in [0.1, 0.15) is 64.2 Å². The van der Waals surface area contributed by atoms with E-state index in [0.29, 0.717) is 6.04 Å². The van der Waals surface area contributed by atoms with Gasteiger partial charge in [-0.1, -0.05) is 37.8 Å². The van der Waals surface area contributed by atoms with Gasteiger partial charge >= 0.3 is 0 Å². The van der Waals surface area contributed by atoms with Crippen molar-refractivity contribution in [3.05, 3.63) is 34.4 Å². The highest BCUT2D eigenvalue weighted by Crippen LogP contribution is 2.30. The van der Waals surface area contributed by atoms with E-state index in [0.717, 1.165) is 34.6 Å². The summed E-state index contributed by atoms with van der Waals surface area (Å²) in [5.74, 6) is 0.886. The third-order valence-corrected chi connectivity index (χ3v) is 6.44. The first-order chi connectivity index (χ1) is 13.3. The molecular weight excluding hydrogens is 354 g/mol. The van der Waals surface area contributed by atoms with Gasteiger partial charge in [-0.3, -0.25) is 4.99 Å². The lowest BCUT2D eigenvalue weighted by Crippen LogP contribution is -2.20. The minimum absolute atomic E-state index is 0.445. The molecule has 5 heteroatoms. The summed E-state index contributed by atoms with van der Waals surface area (Å²) in [7, 11) is 1.73. The van der Waals surface area contributed by atoms with Crippen LogP contribution in [-0.2, 0) is 0 Å². The average molecular weight is 384 g/mol. The predicted octanol–water partition coefficient (Wildman–Crippen LogP) is 5.63. The van der Waals surface area contributed by atoms with Gasteiger partial charge in [0.1, 0.15) is 5.75 Å². The molecule has 0 unspecified atom stereocenters. The third kappa shape index (κ3) is 4.34. The molecule has 1 heterocycles. The zero-order chi connectivity index (χ0) is 18.5. The first-order valence-electron chi connectivity index (χ1n) is 10.3. The number of hydrogen-bond donors (Lipinski definition) is 0. The van der Waals surface area contributed by atoms with Gasteiger partial charge in [0.2, 0.25) is 4.80 Å². The number of aromatic nitrogens is 1. The van der Waals surface area contributed by atoms with Crippen molar-refractivity contribution in [3.8, 4) is 17.0 Å². The van der Waals surface area contributed by atoms with Crippen LogP contribution >= 0.6 is 11.3 Å².